The van der Waals surface area contributed by atoms with Gasteiger partial charge >= 0.3 is 0 Å². The zero-order valence-corrected chi connectivity index (χ0v) is 13.1. The quantitative estimate of drug-likeness (QED) is 0.399. The molecule has 2 rings (SSSR count). The van der Waals surface area contributed by atoms with Gasteiger partial charge in [-0.1, -0.05) is 42.8 Å². The Hall–Kier alpha value is -2.12. The predicted molar refractivity (Wildman–Crippen MR) is 91.3 cm³/mol. The summed E-state index contributed by atoms with van der Waals surface area (Å²) in [5.41, 5.74) is 7.30. The Kier molecular flexibility index (Phi) is 7.35. The van der Waals surface area contributed by atoms with Crippen molar-refractivity contribution >= 4 is 11.4 Å². The fourth-order valence-electron chi connectivity index (χ4n) is 2.12. The summed E-state index contributed by atoms with van der Waals surface area (Å²) in [6.07, 6.45) is 2.86. The van der Waals surface area contributed by atoms with E-state index in [1.54, 1.807) is 0 Å². The van der Waals surface area contributed by atoms with Gasteiger partial charge in [0.15, 0.2) is 0 Å². The van der Waals surface area contributed by atoms with Crippen LogP contribution in [0.25, 0.3) is 0 Å². The van der Waals surface area contributed by atoms with Crippen LogP contribution in [-0.4, -0.2) is 23.5 Å². The summed E-state index contributed by atoms with van der Waals surface area (Å²) >= 11 is 0. The first-order valence-electron chi connectivity index (χ1n) is 7.82. The van der Waals surface area contributed by atoms with Gasteiger partial charge < -0.3 is 0 Å². The molecule has 4 N–H and O–H groups in total. The molecule has 0 atom stereocenters. The number of nitrogens with zero attached hydrogens (tertiary/aromatic N) is 2. The van der Waals surface area contributed by atoms with Crippen LogP contribution < -0.4 is 21.2 Å². The summed E-state index contributed by atoms with van der Waals surface area (Å²) in [6.45, 7) is 1.37. The van der Waals surface area contributed by atoms with Gasteiger partial charge in [-0.2, -0.15) is 10.3 Å². The minimum absolute atomic E-state index is 0.687. The van der Waals surface area contributed by atoms with Gasteiger partial charge in [0.2, 0.25) is 0 Å². The van der Waals surface area contributed by atoms with Crippen molar-refractivity contribution < 1.29 is 10.4 Å². The van der Waals surface area contributed by atoms with E-state index in [-0.39, 0.29) is 0 Å². The van der Waals surface area contributed by atoms with Crippen LogP contribution >= 0.6 is 0 Å². The Morgan fingerprint density at radius 1 is 0.609 bits per heavy atom. The van der Waals surface area contributed by atoms with Crippen molar-refractivity contribution in [2.75, 3.05) is 23.4 Å². The molecule has 0 unspecified atom stereocenters. The molecule has 0 aliphatic rings. The minimum Gasteiger partial charge on any atom is -0.273 e. The maximum atomic E-state index is 9.79. The maximum absolute atomic E-state index is 9.79. The number of hydrogen-bond acceptors (Lipinski definition) is 6. The van der Waals surface area contributed by atoms with E-state index in [1.807, 2.05) is 60.7 Å². The van der Waals surface area contributed by atoms with Gasteiger partial charge in [0.1, 0.15) is 0 Å². The minimum atomic E-state index is 0.687. The van der Waals surface area contributed by atoms with E-state index >= 15 is 0 Å². The van der Waals surface area contributed by atoms with Crippen LogP contribution in [0.4, 0.5) is 11.4 Å². The molecule has 0 saturated carbocycles. The number of benzene rings is 2. The predicted octanol–water partition coefficient (Wildman–Crippen LogP) is 2.96. The normalized spacial score (nSPS) is 10.5. The molecule has 6 heteroatoms. The lowest BCUT2D eigenvalue weighted by Gasteiger charge is -2.18. The smallest absolute Gasteiger partial charge is 0.0820 e. The highest BCUT2D eigenvalue weighted by molar-refractivity contribution is 5.42. The fourth-order valence-corrected chi connectivity index (χ4v) is 2.12. The molecule has 0 aliphatic heterocycles. The lowest BCUT2D eigenvalue weighted by atomic mass is 10.2. The van der Waals surface area contributed by atoms with E-state index in [1.165, 1.54) is 0 Å². The van der Waals surface area contributed by atoms with Crippen molar-refractivity contribution in [3.05, 3.63) is 60.7 Å². The van der Waals surface area contributed by atoms with Crippen molar-refractivity contribution in [3.63, 3.8) is 0 Å². The van der Waals surface area contributed by atoms with E-state index in [2.05, 4.69) is 10.9 Å². The van der Waals surface area contributed by atoms with Crippen LogP contribution in [0, 0.1) is 0 Å². The fraction of sp³-hybridized carbons (Fsp3) is 0.294. The monoisotopic (exact) mass is 316 g/mol. The molecule has 0 amide bonds. The Morgan fingerprint density at radius 3 is 1.39 bits per heavy atom. The summed E-state index contributed by atoms with van der Waals surface area (Å²) in [5.74, 6) is 0. The van der Waals surface area contributed by atoms with Crippen molar-refractivity contribution in [1.82, 2.24) is 10.9 Å². The maximum Gasteiger partial charge on any atom is 0.0820 e. The lowest BCUT2D eigenvalue weighted by Crippen LogP contribution is -2.36. The first-order valence-corrected chi connectivity index (χ1v) is 7.82. The van der Waals surface area contributed by atoms with Gasteiger partial charge in [-0.15, -0.1) is 0 Å². The Balaban J connectivity index is 1.51. The zero-order valence-electron chi connectivity index (χ0n) is 13.1. The van der Waals surface area contributed by atoms with Gasteiger partial charge in [0.25, 0.3) is 0 Å². The third-order valence-corrected chi connectivity index (χ3v) is 3.38. The highest BCUT2D eigenvalue weighted by atomic mass is 16.5. The standard InChI is InChI=1S/C17H24N4O2/c22-20(16-10-4-1-5-11-16)18-14-8-3-9-15-19-21(23)17-12-6-2-7-13-17/h1-2,4-7,10-13,18-19,22-23H,3,8-9,14-15H2. The van der Waals surface area contributed by atoms with Crippen LogP contribution in [0.3, 0.4) is 0 Å². The molecule has 0 heterocycles. The molecule has 0 fully saturated rings. The summed E-state index contributed by atoms with van der Waals surface area (Å²) < 4.78 is 0. The molecule has 2 aromatic carbocycles. The van der Waals surface area contributed by atoms with Crippen molar-refractivity contribution in [3.8, 4) is 0 Å². The molecule has 23 heavy (non-hydrogen) atoms. The van der Waals surface area contributed by atoms with Crippen LogP contribution in [0.1, 0.15) is 19.3 Å². The molecular formula is C17H24N4O2. The van der Waals surface area contributed by atoms with E-state index in [0.717, 1.165) is 29.6 Å². The number of hydrogen-bond donors (Lipinski definition) is 4. The van der Waals surface area contributed by atoms with E-state index < -0.39 is 0 Å². The van der Waals surface area contributed by atoms with Gasteiger partial charge in [-0.25, -0.2) is 10.9 Å². The number of rotatable bonds is 10. The van der Waals surface area contributed by atoms with Gasteiger partial charge in [0.05, 0.1) is 11.4 Å². The molecular weight excluding hydrogens is 292 g/mol. The van der Waals surface area contributed by atoms with Crippen LogP contribution in [0.15, 0.2) is 60.7 Å². The molecule has 0 bridgehead atoms. The second-order valence-corrected chi connectivity index (χ2v) is 5.17. The lowest BCUT2D eigenvalue weighted by molar-refractivity contribution is 0.207. The third-order valence-electron chi connectivity index (χ3n) is 3.38. The van der Waals surface area contributed by atoms with E-state index in [4.69, 9.17) is 0 Å². The summed E-state index contributed by atoms with van der Waals surface area (Å²) in [7, 11) is 0. The Labute approximate surface area is 136 Å². The van der Waals surface area contributed by atoms with Gasteiger partial charge in [-0.3, -0.25) is 10.4 Å². The van der Waals surface area contributed by atoms with Crippen LogP contribution in [0.2, 0.25) is 0 Å². The molecule has 0 spiro atoms. The second kappa shape index (κ2) is 9.81. The number of unbranched alkanes of at least 4 members (excludes halogenated alkanes) is 2. The van der Waals surface area contributed by atoms with E-state index in [0.29, 0.717) is 24.5 Å². The average molecular weight is 316 g/mol. The second-order valence-electron chi connectivity index (χ2n) is 5.17. The number of hydrazine groups is 2. The summed E-state index contributed by atoms with van der Waals surface area (Å²) in [4.78, 5) is 0. The number of anilines is 2. The largest absolute Gasteiger partial charge is 0.273 e. The highest BCUT2D eigenvalue weighted by Crippen LogP contribution is 2.09. The van der Waals surface area contributed by atoms with E-state index in [9.17, 15) is 10.4 Å². The third kappa shape index (κ3) is 6.25. The molecule has 0 aromatic heterocycles. The SMILES string of the molecule is ON(NCCCCCNN(O)c1ccccc1)c1ccccc1. The van der Waals surface area contributed by atoms with Crippen LogP contribution in [-0.2, 0) is 0 Å². The first-order chi connectivity index (χ1) is 11.3. The topological polar surface area (TPSA) is 71.0 Å². The molecule has 0 aliphatic carbocycles. The van der Waals surface area contributed by atoms with Crippen molar-refractivity contribution in [2.24, 2.45) is 0 Å². The number of para-hydroxylation sites is 2. The van der Waals surface area contributed by atoms with Gasteiger partial charge in [0, 0.05) is 13.1 Å². The average Bonchev–Trinajstić information content (AvgIpc) is 2.62. The van der Waals surface area contributed by atoms with Gasteiger partial charge in [-0.05, 0) is 37.1 Å². The first kappa shape index (κ1) is 17.2. The molecule has 124 valence electrons. The Morgan fingerprint density at radius 2 is 1.00 bits per heavy atom. The number of nitrogens with one attached hydrogen (secondary N) is 2. The highest BCUT2D eigenvalue weighted by Gasteiger charge is 2.01. The Bertz CT molecular complexity index is 489. The molecule has 0 radical (unpaired) electrons. The summed E-state index contributed by atoms with van der Waals surface area (Å²) in [5, 5.41) is 21.7. The van der Waals surface area contributed by atoms with Crippen molar-refractivity contribution in [2.45, 2.75) is 19.3 Å². The van der Waals surface area contributed by atoms with Crippen molar-refractivity contribution in [1.29, 1.82) is 0 Å². The molecule has 2 aromatic rings. The van der Waals surface area contributed by atoms with Crippen LogP contribution in [0.5, 0.6) is 0 Å². The summed E-state index contributed by atoms with van der Waals surface area (Å²) in [6, 6.07) is 18.6. The molecule has 0 saturated heterocycles. The molecule has 6 nitrogen and oxygen atoms in total. The zero-order chi connectivity index (χ0) is 16.3.